The van der Waals surface area contributed by atoms with Crippen LogP contribution >= 0.6 is 0 Å². The molecule has 1 nitrogen and oxygen atoms in total. The standard InChI is InChI=1S/C13H28O/c1-8-11(6)12(7)13(14,9(2)3)10(4)5/h9-12,14H,8H2,1-7H3. The Morgan fingerprint density at radius 3 is 1.50 bits per heavy atom. The molecule has 0 aromatic rings. The van der Waals surface area contributed by atoms with Crippen molar-refractivity contribution in [3.8, 4) is 0 Å². The first-order valence-electron chi connectivity index (χ1n) is 6.00. The Morgan fingerprint density at radius 1 is 0.929 bits per heavy atom. The molecule has 0 amide bonds. The van der Waals surface area contributed by atoms with E-state index in [2.05, 4.69) is 48.5 Å². The summed E-state index contributed by atoms with van der Waals surface area (Å²) in [5, 5.41) is 10.7. The van der Waals surface area contributed by atoms with Gasteiger partial charge in [-0.2, -0.15) is 0 Å². The van der Waals surface area contributed by atoms with Crippen molar-refractivity contribution in [3.63, 3.8) is 0 Å². The Kier molecular flexibility index (Phi) is 5.14. The molecule has 0 saturated carbocycles. The zero-order chi connectivity index (χ0) is 11.5. The molecule has 86 valence electrons. The van der Waals surface area contributed by atoms with Crippen LogP contribution in [-0.4, -0.2) is 10.7 Å². The van der Waals surface area contributed by atoms with Crippen LogP contribution in [0.5, 0.6) is 0 Å². The van der Waals surface area contributed by atoms with Gasteiger partial charge in [-0.05, 0) is 23.7 Å². The van der Waals surface area contributed by atoms with Gasteiger partial charge in [0.25, 0.3) is 0 Å². The Balaban J connectivity index is 4.82. The first-order valence-corrected chi connectivity index (χ1v) is 6.00. The highest BCUT2D eigenvalue weighted by molar-refractivity contribution is 4.91. The van der Waals surface area contributed by atoms with E-state index in [9.17, 15) is 5.11 Å². The predicted molar refractivity (Wildman–Crippen MR) is 63.2 cm³/mol. The molecule has 0 aromatic carbocycles. The molecular formula is C13H28O. The molecule has 14 heavy (non-hydrogen) atoms. The zero-order valence-electron chi connectivity index (χ0n) is 11.0. The van der Waals surface area contributed by atoms with Crippen molar-refractivity contribution in [2.45, 2.75) is 60.5 Å². The van der Waals surface area contributed by atoms with Crippen molar-refractivity contribution in [3.05, 3.63) is 0 Å². The summed E-state index contributed by atoms with van der Waals surface area (Å²) < 4.78 is 0. The van der Waals surface area contributed by atoms with Crippen molar-refractivity contribution in [2.24, 2.45) is 23.7 Å². The van der Waals surface area contributed by atoms with Gasteiger partial charge in [0.1, 0.15) is 0 Å². The van der Waals surface area contributed by atoms with Gasteiger partial charge in [0.2, 0.25) is 0 Å². The number of hydrogen-bond acceptors (Lipinski definition) is 1. The fourth-order valence-corrected chi connectivity index (χ4v) is 2.53. The topological polar surface area (TPSA) is 20.2 Å². The minimum Gasteiger partial charge on any atom is -0.389 e. The summed E-state index contributed by atoms with van der Waals surface area (Å²) in [4.78, 5) is 0. The van der Waals surface area contributed by atoms with E-state index in [1.165, 1.54) is 0 Å². The number of hydrogen-bond donors (Lipinski definition) is 1. The monoisotopic (exact) mass is 200 g/mol. The van der Waals surface area contributed by atoms with E-state index in [1.54, 1.807) is 0 Å². The highest BCUT2D eigenvalue weighted by atomic mass is 16.3. The molecule has 0 heterocycles. The van der Waals surface area contributed by atoms with Crippen LogP contribution in [0.25, 0.3) is 0 Å². The first-order chi connectivity index (χ1) is 6.28. The maximum absolute atomic E-state index is 10.7. The smallest absolute Gasteiger partial charge is 0.0721 e. The van der Waals surface area contributed by atoms with Crippen LogP contribution in [0.3, 0.4) is 0 Å². The lowest BCUT2D eigenvalue weighted by Crippen LogP contribution is -2.48. The van der Waals surface area contributed by atoms with Crippen molar-refractivity contribution in [1.29, 1.82) is 0 Å². The maximum atomic E-state index is 10.7. The van der Waals surface area contributed by atoms with Gasteiger partial charge in [-0.1, -0.05) is 54.9 Å². The highest BCUT2D eigenvalue weighted by Crippen LogP contribution is 2.38. The van der Waals surface area contributed by atoms with Crippen LogP contribution in [0.2, 0.25) is 0 Å². The summed E-state index contributed by atoms with van der Waals surface area (Å²) in [6, 6.07) is 0. The molecule has 0 spiro atoms. The van der Waals surface area contributed by atoms with Gasteiger partial charge in [0, 0.05) is 0 Å². The summed E-state index contributed by atoms with van der Waals surface area (Å²) in [6.45, 7) is 15.1. The second kappa shape index (κ2) is 5.16. The van der Waals surface area contributed by atoms with Crippen LogP contribution in [0.4, 0.5) is 0 Å². The van der Waals surface area contributed by atoms with Crippen molar-refractivity contribution in [1.82, 2.24) is 0 Å². The molecule has 0 fully saturated rings. The predicted octanol–water partition coefficient (Wildman–Crippen LogP) is 3.71. The molecule has 0 aliphatic rings. The molecule has 2 unspecified atom stereocenters. The van der Waals surface area contributed by atoms with E-state index in [4.69, 9.17) is 0 Å². The summed E-state index contributed by atoms with van der Waals surface area (Å²) in [6.07, 6.45) is 1.14. The van der Waals surface area contributed by atoms with Gasteiger partial charge in [-0.15, -0.1) is 0 Å². The van der Waals surface area contributed by atoms with E-state index >= 15 is 0 Å². The molecule has 0 radical (unpaired) electrons. The van der Waals surface area contributed by atoms with Gasteiger partial charge in [0.15, 0.2) is 0 Å². The Morgan fingerprint density at radius 2 is 1.29 bits per heavy atom. The minimum absolute atomic E-state index is 0.325. The maximum Gasteiger partial charge on any atom is 0.0721 e. The quantitative estimate of drug-likeness (QED) is 0.717. The summed E-state index contributed by atoms with van der Waals surface area (Å²) in [5.41, 5.74) is -0.518. The van der Waals surface area contributed by atoms with Gasteiger partial charge in [0.05, 0.1) is 5.60 Å². The SMILES string of the molecule is CCC(C)C(C)C(O)(C(C)C)C(C)C. The fourth-order valence-electron chi connectivity index (χ4n) is 2.53. The van der Waals surface area contributed by atoms with E-state index in [-0.39, 0.29) is 0 Å². The fraction of sp³-hybridized carbons (Fsp3) is 1.00. The third-order valence-corrected chi connectivity index (χ3v) is 4.08. The molecule has 2 atom stereocenters. The lowest BCUT2D eigenvalue weighted by Gasteiger charge is -2.44. The third kappa shape index (κ3) is 2.50. The van der Waals surface area contributed by atoms with Crippen molar-refractivity contribution < 1.29 is 5.11 Å². The normalized spacial score (nSPS) is 17.6. The second-order valence-corrected chi connectivity index (χ2v) is 5.37. The van der Waals surface area contributed by atoms with E-state index < -0.39 is 5.60 Å². The molecular weight excluding hydrogens is 172 g/mol. The Hall–Kier alpha value is -0.0400. The molecule has 0 rings (SSSR count). The molecule has 1 heteroatoms. The van der Waals surface area contributed by atoms with Crippen LogP contribution < -0.4 is 0 Å². The largest absolute Gasteiger partial charge is 0.389 e. The molecule has 0 aliphatic carbocycles. The van der Waals surface area contributed by atoms with Crippen LogP contribution in [0.1, 0.15) is 54.9 Å². The summed E-state index contributed by atoms with van der Waals surface area (Å²) in [7, 11) is 0. The van der Waals surface area contributed by atoms with E-state index in [1.807, 2.05) is 0 Å². The second-order valence-electron chi connectivity index (χ2n) is 5.37. The van der Waals surface area contributed by atoms with Crippen LogP contribution in [-0.2, 0) is 0 Å². The van der Waals surface area contributed by atoms with E-state index in [0.717, 1.165) is 6.42 Å². The average Bonchev–Trinajstić information content (AvgIpc) is 2.13. The Bertz CT molecular complexity index is 153. The molecule has 0 aromatic heterocycles. The average molecular weight is 200 g/mol. The minimum atomic E-state index is -0.518. The summed E-state index contributed by atoms with van der Waals surface area (Å²) >= 11 is 0. The zero-order valence-corrected chi connectivity index (χ0v) is 11.0. The molecule has 0 saturated heterocycles. The van der Waals surface area contributed by atoms with Crippen molar-refractivity contribution in [2.75, 3.05) is 0 Å². The summed E-state index contributed by atoms with van der Waals surface area (Å²) in [5.74, 6) is 1.61. The van der Waals surface area contributed by atoms with Gasteiger partial charge < -0.3 is 5.11 Å². The first kappa shape index (κ1) is 14.0. The molecule has 1 N–H and O–H groups in total. The van der Waals surface area contributed by atoms with Crippen LogP contribution in [0.15, 0.2) is 0 Å². The lowest BCUT2D eigenvalue weighted by atomic mass is 9.67. The Labute approximate surface area is 89.9 Å². The van der Waals surface area contributed by atoms with Gasteiger partial charge >= 0.3 is 0 Å². The third-order valence-electron chi connectivity index (χ3n) is 4.08. The van der Waals surface area contributed by atoms with Crippen molar-refractivity contribution >= 4 is 0 Å². The number of aliphatic hydroxyl groups is 1. The highest BCUT2D eigenvalue weighted by Gasteiger charge is 2.41. The lowest BCUT2D eigenvalue weighted by molar-refractivity contribution is -0.106. The van der Waals surface area contributed by atoms with Gasteiger partial charge in [-0.25, -0.2) is 0 Å². The molecule has 0 aliphatic heterocycles. The van der Waals surface area contributed by atoms with Gasteiger partial charge in [-0.3, -0.25) is 0 Å². The van der Waals surface area contributed by atoms with Crippen LogP contribution in [0, 0.1) is 23.7 Å². The number of rotatable bonds is 5. The molecule has 0 bridgehead atoms. The van der Waals surface area contributed by atoms with E-state index in [0.29, 0.717) is 23.7 Å².